The number of amides is 1. The van der Waals surface area contributed by atoms with Crippen molar-refractivity contribution in [2.75, 3.05) is 11.5 Å². The average Bonchev–Trinajstić information content (AvgIpc) is 3.59. The van der Waals surface area contributed by atoms with E-state index in [1.54, 1.807) is 36.4 Å². The van der Waals surface area contributed by atoms with Crippen molar-refractivity contribution < 1.29 is 24.2 Å². The number of hydrogen-bond acceptors (Lipinski definition) is 6. The van der Waals surface area contributed by atoms with Crippen LogP contribution in [0.3, 0.4) is 0 Å². The number of rotatable bonds is 5. The van der Waals surface area contributed by atoms with E-state index in [0.717, 1.165) is 22.4 Å². The van der Waals surface area contributed by atoms with Gasteiger partial charge in [0.2, 0.25) is 5.95 Å². The van der Waals surface area contributed by atoms with E-state index in [4.69, 9.17) is 9.47 Å². The van der Waals surface area contributed by atoms with Crippen LogP contribution >= 0.6 is 0 Å². The third-order valence-electron chi connectivity index (χ3n) is 6.83. The lowest BCUT2D eigenvalue weighted by Crippen LogP contribution is -2.30. The van der Waals surface area contributed by atoms with Crippen LogP contribution in [0, 0.1) is 6.92 Å². The minimum absolute atomic E-state index is 0.00281. The number of fused-ring (bicyclic) bond motifs is 2. The van der Waals surface area contributed by atoms with Gasteiger partial charge in [0.25, 0.3) is 5.78 Å². The van der Waals surface area contributed by atoms with Crippen molar-refractivity contribution in [3.63, 3.8) is 0 Å². The Bertz CT molecular complexity index is 1620. The standard InChI is InChI=1S/C30H27N3O5/c1-16(2)38-21-8-5-18(6-9-21)26-25(27(34)20-7-11-24-19(15-20)12-13-37-24)28(35)29(36)33(26)30-31-22-10-4-17(3)14-23(22)32-30/h4-11,14-16,26,34H,12-13H2,1-3H3,(H,31,32)/b27-25+. The van der Waals surface area contributed by atoms with Crippen molar-refractivity contribution in [3.8, 4) is 11.5 Å². The van der Waals surface area contributed by atoms with E-state index < -0.39 is 17.7 Å². The molecular weight excluding hydrogens is 482 g/mol. The summed E-state index contributed by atoms with van der Waals surface area (Å²) in [5, 5.41) is 11.5. The SMILES string of the molecule is Cc1ccc2nc(N3C(=O)C(=O)/C(=C(/O)c4ccc5c(c4)CCO5)C3c3ccc(OC(C)C)cc3)[nH]c2c1. The van der Waals surface area contributed by atoms with E-state index in [0.29, 0.717) is 35.4 Å². The molecular formula is C30H27N3O5. The number of Topliss-reactive ketones (excluding diaryl/α,β-unsaturated/α-hetero) is 1. The predicted octanol–water partition coefficient (Wildman–Crippen LogP) is 5.22. The highest BCUT2D eigenvalue weighted by Gasteiger charge is 2.48. The number of anilines is 1. The number of aromatic nitrogens is 2. The van der Waals surface area contributed by atoms with Gasteiger partial charge in [-0.1, -0.05) is 18.2 Å². The monoisotopic (exact) mass is 509 g/mol. The van der Waals surface area contributed by atoms with Gasteiger partial charge in [-0.25, -0.2) is 4.98 Å². The first-order chi connectivity index (χ1) is 18.3. The molecule has 1 fully saturated rings. The van der Waals surface area contributed by atoms with Crippen molar-refractivity contribution in [2.24, 2.45) is 0 Å². The van der Waals surface area contributed by atoms with Crippen LogP contribution in [0.2, 0.25) is 0 Å². The molecule has 192 valence electrons. The van der Waals surface area contributed by atoms with Gasteiger partial charge in [0, 0.05) is 12.0 Å². The van der Waals surface area contributed by atoms with Gasteiger partial charge in [0.1, 0.15) is 17.3 Å². The second-order valence-corrected chi connectivity index (χ2v) is 9.91. The van der Waals surface area contributed by atoms with E-state index in [1.165, 1.54) is 4.90 Å². The predicted molar refractivity (Wildman–Crippen MR) is 143 cm³/mol. The third kappa shape index (κ3) is 3.98. The molecule has 1 aromatic heterocycles. The van der Waals surface area contributed by atoms with Gasteiger partial charge in [0.05, 0.1) is 35.4 Å². The number of aliphatic hydroxyl groups is 1. The Hall–Kier alpha value is -4.59. The molecule has 0 bridgehead atoms. The second-order valence-electron chi connectivity index (χ2n) is 9.91. The van der Waals surface area contributed by atoms with Gasteiger partial charge in [-0.05, 0) is 79.9 Å². The minimum Gasteiger partial charge on any atom is -0.507 e. The largest absolute Gasteiger partial charge is 0.507 e. The van der Waals surface area contributed by atoms with Crippen molar-refractivity contribution in [3.05, 3.63) is 88.5 Å². The Kier molecular flexibility index (Phi) is 5.67. The van der Waals surface area contributed by atoms with Crippen molar-refractivity contribution in [1.29, 1.82) is 0 Å². The zero-order chi connectivity index (χ0) is 26.6. The molecule has 1 saturated heterocycles. The number of benzene rings is 3. The molecule has 0 spiro atoms. The molecule has 1 atom stereocenters. The molecule has 4 aromatic rings. The topological polar surface area (TPSA) is 105 Å². The molecule has 0 saturated carbocycles. The molecule has 6 rings (SSSR count). The minimum atomic E-state index is -0.894. The van der Waals surface area contributed by atoms with Crippen LogP contribution in [0.25, 0.3) is 16.8 Å². The lowest BCUT2D eigenvalue weighted by molar-refractivity contribution is -0.132. The normalized spacial score (nSPS) is 18.3. The number of hydrogen-bond donors (Lipinski definition) is 2. The molecule has 8 heteroatoms. The summed E-state index contributed by atoms with van der Waals surface area (Å²) in [4.78, 5) is 36.2. The van der Waals surface area contributed by atoms with Crippen LogP contribution in [0.1, 0.15) is 42.1 Å². The Morgan fingerprint density at radius 3 is 2.66 bits per heavy atom. The summed E-state index contributed by atoms with van der Waals surface area (Å²) in [5.41, 5.74) is 4.50. The third-order valence-corrected chi connectivity index (χ3v) is 6.83. The van der Waals surface area contributed by atoms with Crippen molar-refractivity contribution in [1.82, 2.24) is 9.97 Å². The Morgan fingerprint density at radius 1 is 1.11 bits per heavy atom. The maximum Gasteiger partial charge on any atom is 0.302 e. The van der Waals surface area contributed by atoms with Crippen LogP contribution in [0.5, 0.6) is 11.5 Å². The number of imidazole rings is 1. The van der Waals surface area contributed by atoms with Crippen LogP contribution in [0.4, 0.5) is 5.95 Å². The van der Waals surface area contributed by atoms with Gasteiger partial charge in [-0.2, -0.15) is 0 Å². The molecule has 0 radical (unpaired) electrons. The summed E-state index contributed by atoms with van der Waals surface area (Å²) >= 11 is 0. The zero-order valence-corrected chi connectivity index (χ0v) is 21.3. The molecule has 0 aliphatic carbocycles. The molecule has 8 nitrogen and oxygen atoms in total. The van der Waals surface area contributed by atoms with E-state index in [9.17, 15) is 14.7 Å². The highest BCUT2D eigenvalue weighted by atomic mass is 16.5. The number of H-pyrrole nitrogens is 1. The second kappa shape index (κ2) is 9.06. The van der Waals surface area contributed by atoms with E-state index in [1.807, 2.05) is 45.0 Å². The quantitative estimate of drug-likeness (QED) is 0.217. The fraction of sp³-hybridized carbons (Fsp3) is 0.233. The number of carbonyl (C=O) groups is 2. The van der Waals surface area contributed by atoms with Gasteiger partial charge in [-0.15, -0.1) is 0 Å². The van der Waals surface area contributed by atoms with Crippen molar-refractivity contribution in [2.45, 2.75) is 39.3 Å². The molecule has 2 aliphatic heterocycles. The number of ketones is 1. The number of nitrogens with one attached hydrogen (secondary N) is 1. The van der Waals surface area contributed by atoms with Gasteiger partial charge in [-0.3, -0.25) is 14.5 Å². The van der Waals surface area contributed by atoms with Crippen LogP contribution in [-0.4, -0.2) is 39.5 Å². The molecule has 1 unspecified atom stereocenters. The van der Waals surface area contributed by atoms with Crippen LogP contribution in [0.15, 0.2) is 66.2 Å². The molecule has 2 aliphatic rings. The summed E-state index contributed by atoms with van der Waals surface area (Å²) in [6, 6.07) is 17.3. The fourth-order valence-electron chi connectivity index (χ4n) is 5.08. The number of aromatic amines is 1. The summed E-state index contributed by atoms with van der Waals surface area (Å²) in [7, 11) is 0. The highest BCUT2D eigenvalue weighted by molar-refractivity contribution is 6.51. The Balaban J connectivity index is 1.51. The summed E-state index contributed by atoms with van der Waals surface area (Å²) < 4.78 is 11.4. The first kappa shape index (κ1) is 23.8. The maximum absolute atomic E-state index is 13.5. The lowest BCUT2D eigenvalue weighted by atomic mass is 9.94. The van der Waals surface area contributed by atoms with E-state index in [2.05, 4.69) is 9.97 Å². The highest BCUT2D eigenvalue weighted by Crippen LogP contribution is 2.42. The number of aliphatic hydroxyl groups excluding tert-OH is 1. The number of nitrogens with zero attached hydrogens (tertiary/aromatic N) is 2. The number of ether oxygens (including phenoxy) is 2. The van der Waals surface area contributed by atoms with Gasteiger partial charge in [0.15, 0.2) is 0 Å². The summed E-state index contributed by atoms with van der Waals surface area (Å²) in [6.45, 7) is 6.41. The summed E-state index contributed by atoms with van der Waals surface area (Å²) in [5.74, 6) is -0.111. The molecule has 38 heavy (non-hydrogen) atoms. The first-order valence-corrected chi connectivity index (χ1v) is 12.6. The molecule has 1 amide bonds. The number of carbonyl (C=O) groups excluding carboxylic acids is 2. The van der Waals surface area contributed by atoms with Gasteiger partial charge < -0.3 is 19.6 Å². The molecule has 3 heterocycles. The Labute approximate surface area is 219 Å². The van der Waals surface area contributed by atoms with E-state index in [-0.39, 0.29) is 23.4 Å². The maximum atomic E-state index is 13.5. The summed E-state index contributed by atoms with van der Waals surface area (Å²) in [6.07, 6.45) is 0.707. The Morgan fingerprint density at radius 2 is 1.89 bits per heavy atom. The van der Waals surface area contributed by atoms with Gasteiger partial charge >= 0.3 is 5.91 Å². The lowest BCUT2D eigenvalue weighted by Gasteiger charge is -2.23. The first-order valence-electron chi connectivity index (χ1n) is 12.6. The number of aryl methyl sites for hydroxylation is 1. The van der Waals surface area contributed by atoms with Crippen LogP contribution in [-0.2, 0) is 16.0 Å². The van der Waals surface area contributed by atoms with Crippen molar-refractivity contribution >= 4 is 34.4 Å². The molecule has 3 aromatic carbocycles. The average molecular weight is 510 g/mol. The van der Waals surface area contributed by atoms with Crippen LogP contribution < -0.4 is 14.4 Å². The molecule has 2 N–H and O–H groups in total. The smallest absolute Gasteiger partial charge is 0.302 e. The van der Waals surface area contributed by atoms with E-state index >= 15 is 0 Å². The zero-order valence-electron chi connectivity index (χ0n) is 21.3. The fourth-order valence-corrected chi connectivity index (χ4v) is 5.08.